The lowest BCUT2D eigenvalue weighted by Gasteiger charge is -2.19. The van der Waals surface area contributed by atoms with Crippen LogP contribution < -0.4 is 0 Å². The molecule has 4 heteroatoms. The van der Waals surface area contributed by atoms with Crippen molar-refractivity contribution in [1.82, 2.24) is 0 Å². The molecule has 0 aliphatic carbocycles. The zero-order chi connectivity index (χ0) is 18.6. The Bertz CT molecular complexity index is 925. The van der Waals surface area contributed by atoms with Gasteiger partial charge in [0.1, 0.15) is 0 Å². The second kappa shape index (κ2) is 7.85. The van der Waals surface area contributed by atoms with E-state index in [2.05, 4.69) is 24.3 Å². The van der Waals surface area contributed by atoms with E-state index in [9.17, 15) is 13.0 Å². The standard InChI is InChI=1S/C22H22O3S/c1-17-12-15-22(26(23,24)25)20(16-17)13-14-21(18-8-4-2-5-9-18)19-10-6-3-7-11-19/h2-12,15-16,21H,13-14H2,1H3,(H,23,24,25). The van der Waals surface area contributed by atoms with Gasteiger partial charge >= 0.3 is 0 Å². The average molecular weight is 366 g/mol. The Hall–Kier alpha value is -2.43. The van der Waals surface area contributed by atoms with Gasteiger partial charge in [-0.3, -0.25) is 4.55 Å². The molecule has 3 rings (SSSR count). The Morgan fingerprint density at radius 2 is 1.38 bits per heavy atom. The van der Waals surface area contributed by atoms with E-state index in [1.807, 2.05) is 49.4 Å². The molecule has 3 aromatic carbocycles. The summed E-state index contributed by atoms with van der Waals surface area (Å²) in [5.41, 5.74) is 4.02. The lowest BCUT2D eigenvalue weighted by atomic mass is 9.86. The summed E-state index contributed by atoms with van der Waals surface area (Å²) in [7, 11) is -4.23. The monoisotopic (exact) mass is 366 g/mol. The highest BCUT2D eigenvalue weighted by molar-refractivity contribution is 7.85. The van der Waals surface area contributed by atoms with E-state index in [1.165, 1.54) is 17.2 Å². The number of rotatable bonds is 6. The lowest BCUT2D eigenvalue weighted by molar-refractivity contribution is 0.481. The molecule has 3 aromatic rings. The number of hydrogen-bond acceptors (Lipinski definition) is 2. The summed E-state index contributed by atoms with van der Waals surface area (Å²) in [6, 6.07) is 25.5. The van der Waals surface area contributed by atoms with Crippen LogP contribution >= 0.6 is 0 Å². The molecule has 26 heavy (non-hydrogen) atoms. The molecule has 0 saturated carbocycles. The van der Waals surface area contributed by atoms with Crippen LogP contribution in [0.15, 0.2) is 83.8 Å². The van der Waals surface area contributed by atoms with Gasteiger partial charge < -0.3 is 0 Å². The molecule has 0 amide bonds. The topological polar surface area (TPSA) is 54.4 Å². The van der Waals surface area contributed by atoms with Crippen LogP contribution in [-0.4, -0.2) is 13.0 Å². The quantitative estimate of drug-likeness (QED) is 0.624. The Morgan fingerprint density at radius 3 is 1.88 bits per heavy atom. The minimum Gasteiger partial charge on any atom is -0.282 e. The number of aryl methyl sites for hydroxylation is 2. The molecule has 0 unspecified atom stereocenters. The molecule has 0 aromatic heterocycles. The van der Waals surface area contributed by atoms with E-state index in [0.29, 0.717) is 12.0 Å². The number of hydrogen-bond donors (Lipinski definition) is 1. The summed E-state index contributed by atoms with van der Waals surface area (Å²) < 4.78 is 32.9. The predicted molar refractivity (Wildman–Crippen MR) is 104 cm³/mol. The molecule has 0 spiro atoms. The second-order valence-corrected chi connectivity index (χ2v) is 7.89. The molecule has 3 nitrogen and oxygen atoms in total. The Labute approximate surface area is 155 Å². The van der Waals surface area contributed by atoms with Gasteiger partial charge in [-0.05, 0) is 42.5 Å². The Balaban J connectivity index is 1.94. The number of benzene rings is 3. The van der Waals surface area contributed by atoms with Crippen LogP contribution in [0.2, 0.25) is 0 Å². The maximum atomic E-state index is 11.7. The van der Waals surface area contributed by atoms with Crippen molar-refractivity contribution in [3.63, 3.8) is 0 Å². The lowest BCUT2D eigenvalue weighted by Crippen LogP contribution is -2.07. The highest BCUT2D eigenvalue weighted by atomic mass is 32.2. The first-order valence-electron chi connectivity index (χ1n) is 8.62. The van der Waals surface area contributed by atoms with Gasteiger partial charge in [-0.15, -0.1) is 0 Å². The average Bonchev–Trinajstić information content (AvgIpc) is 2.63. The minimum atomic E-state index is -4.23. The van der Waals surface area contributed by atoms with Crippen molar-refractivity contribution in [3.8, 4) is 0 Å². The van der Waals surface area contributed by atoms with Gasteiger partial charge in [0.25, 0.3) is 10.1 Å². The first-order chi connectivity index (χ1) is 12.4. The summed E-state index contributed by atoms with van der Waals surface area (Å²) >= 11 is 0. The normalized spacial score (nSPS) is 11.7. The molecular weight excluding hydrogens is 344 g/mol. The van der Waals surface area contributed by atoms with Gasteiger partial charge in [-0.1, -0.05) is 78.4 Å². The molecule has 1 N–H and O–H groups in total. The van der Waals surface area contributed by atoms with Crippen LogP contribution in [0.3, 0.4) is 0 Å². The second-order valence-electron chi connectivity index (χ2n) is 6.50. The van der Waals surface area contributed by atoms with E-state index < -0.39 is 10.1 Å². The summed E-state index contributed by atoms with van der Waals surface area (Å²) in [5, 5.41) is 0. The Morgan fingerprint density at radius 1 is 0.846 bits per heavy atom. The molecule has 0 saturated heterocycles. The molecule has 0 radical (unpaired) electrons. The van der Waals surface area contributed by atoms with E-state index in [-0.39, 0.29) is 10.8 Å². The molecular formula is C22H22O3S. The van der Waals surface area contributed by atoms with Gasteiger partial charge in [0.2, 0.25) is 0 Å². The van der Waals surface area contributed by atoms with Crippen molar-refractivity contribution in [2.75, 3.05) is 0 Å². The van der Waals surface area contributed by atoms with Crippen molar-refractivity contribution in [1.29, 1.82) is 0 Å². The van der Waals surface area contributed by atoms with Crippen LogP contribution in [-0.2, 0) is 16.5 Å². The van der Waals surface area contributed by atoms with E-state index in [1.54, 1.807) is 6.07 Å². The van der Waals surface area contributed by atoms with Gasteiger partial charge in [0.05, 0.1) is 4.90 Å². The fraction of sp³-hybridized carbons (Fsp3) is 0.182. The molecule has 0 atom stereocenters. The molecule has 0 fully saturated rings. The zero-order valence-corrected chi connectivity index (χ0v) is 15.5. The maximum absolute atomic E-state index is 11.7. The SMILES string of the molecule is Cc1ccc(S(=O)(=O)O)c(CCC(c2ccccc2)c2ccccc2)c1. The smallest absolute Gasteiger partial charge is 0.282 e. The van der Waals surface area contributed by atoms with Crippen molar-refractivity contribution in [3.05, 3.63) is 101 Å². The highest BCUT2D eigenvalue weighted by Crippen LogP contribution is 2.30. The van der Waals surface area contributed by atoms with E-state index >= 15 is 0 Å². The fourth-order valence-corrected chi connectivity index (χ4v) is 4.08. The van der Waals surface area contributed by atoms with Gasteiger partial charge in [0, 0.05) is 5.92 Å². The van der Waals surface area contributed by atoms with Crippen molar-refractivity contribution >= 4 is 10.1 Å². The van der Waals surface area contributed by atoms with Gasteiger partial charge in [-0.25, -0.2) is 0 Å². The molecule has 0 bridgehead atoms. The first-order valence-corrected chi connectivity index (χ1v) is 10.1. The van der Waals surface area contributed by atoms with Gasteiger partial charge in [0.15, 0.2) is 0 Å². The van der Waals surface area contributed by atoms with Crippen molar-refractivity contribution in [2.24, 2.45) is 0 Å². The maximum Gasteiger partial charge on any atom is 0.294 e. The third-order valence-electron chi connectivity index (χ3n) is 4.60. The highest BCUT2D eigenvalue weighted by Gasteiger charge is 2.19. The van der Waals surface area contributed by atoms with Gasteiger partial charge in [-0.2, -0.15) is 8.42 Å². The van der Waals surface area contributed by atoms with E-state index in [0.717, 1.165) is 12.0 Å². The molecule has 0 aliphatic heterocycles. The summed E-state index contributed by atoms with van der Waals surface area (Å²) in [5.74, 6) is 0.159. The van der Waals surface area contributed by atoms with Crippen molar-refractivity contribution < 1.29 is 13.0 Å². The van der Waals surface area contributed by atoms with E-state index in [4.69, 9.17) is 0 Å². The van der Waals surface area contributed by atoms with Crippen LogP contribution in [0, 0.1) is 6.92 Å². The summed E-state index contributed by atoms with van der Waals surface area (Å²) in [6.07, 6.45) is 1.31. The predicted octanol–water partition coefficient (Wildman–Crippen LogP) is 5.01. The van der Waals surface area contributed by atoms with Crippen LogP contribution in [0.5, 0.6) is 0 Å². The molecule has 0 heterocycles. The fourth-order valence-electron chi connectivity index (χ4n) is 3.35. The van der Waals surface area contributed by atoms with Crippen LogP contribution in [0.4, 0.5) is 0 Å². The Kier molecular flexibility index (Phi) is 5.55. The summed E-state index contributed by atoms with van der Waals surface area (Å²) in [6.45, 7) is 1.92. The zero-order valence-electron chi connectivity index (χ0n) is 14.7. The van der Waals surface area contributed by atoms with Crippen LogP contribution in [0.25, 0.3) is 0 Å². The van der Waals surface area contributed by atoms with Crippen molar-refractivity contribution in [2.45, 2.75) is 30.6 Å². The third kappa shape index (κ3) is 4.40. The first kappa shape index (κ1) is 18.4. The third-order valence-corrected chi connectivity index (χ3v) is 5.55. The minimum absolute atomic E-state index is 0.00275. The summed E-state index contributed by atoms with van der Waals surface area (Å²) in [4.78, 5) is 0.00275. The van der Waals surface area contributed by atoms with Crippen LogP contribution in [0.1, 0.15) is 34.6 Å². The molecule has 0 aliphatic rings. The molecule has 134 valence electrons. The largest absolute Gasteiger partial charge is 0.294 e.